The zero-order valence-electron chi connectivity index (χ0n) is 22.5. The molecule has 0 radical (unpaired) electrons. The lowest BCUT2D eigenvalue weighted by Gasteiger charge is -2.08. The average Bonchev–Trinajstić information content (AvgIpc) is 3.33. The van der Waals surface area contributed by atoms with E-state index in [0.717, 1.165) is 28.2 Å². The molecule has 0 unspecified atom stereocenters. The van der Waals surface area contributed by atoms with E-state index >= 15 is 0 Å². The maximum absolute atomic E-state index is 12.0. The molecule has 1 fully saturated rings. The number of aryl methyl sites for hydroxylation is 1. The normalized spacial score (nSPS) is 13.3. The van der Waals surface area contributed by atoms with Gasteiger partial charge in [-0.25, -0.2) is 8.42 Å². The van der Waals surface area contributed by atoms with E-state index in [1.165, 1.54) is 49.8 Å². The predicted molar refractivity (Wildman–Crippen MR) is 156 cm³/mol. The number of hydrogen-bond acceptors (Lipinski definition) is 5. The van der Waals surface area contributed by atoms with Crippen molar-refractivity contribution < 1.29 is 26.7 Å². The average molecular weight is 625 g/mol. The van der Waals surface area contributed by atoms with E-state index in [1.54, 1.807) is 25.1 Å². The highest BCUT2D eigenvalue weighted by molar-refractivity contribution is 7.99. The molecule has 216 valence electrons. The molecular formula is C28H34Cl2F3NO3S2. The summed E-state index contributed by atoms with van der Waals surface area (Å²) in [5.74, 6) is -0.720. The van der Waals surface area contributed by atoms with Gasteiger partial charge in [-0.05, 0) is 87.9 Å². The van der Waals surface area contributed by atoms with Crippen LogP contribution in [-0.4, -0.2) is 44.8 Å². The summed E-state index contributed by atoms with van der Waals surface area (Å²) < 4.78 is 58.9. The Balaban J connectivity index is 0.000000322. The lowest BCUT2D eigenvalue weighted by Crippen LogP contribution is -2.10. The van der Waals surface area contributed by atoms with Crippen LogP contribution in [0.2, 0.25) is 10.0 Å². The Hall–Kier alpha value is -1.91. The number of nitrogens with zero attached hydrogens (tertiary/aromatic N) is 1. The van der Waals surface area contributed by atoms with Crippen LogP contribution < -0.4 is 0 Å². The van der Waals surface area contributed by atoms with Gasteiger partial charge in [0.05, 0.1) is 20.5 Å². The highest BCUT2D eigenvalue weighted by Gasteiger charge is 2.33. The van der Waals surface area contributed by atoms with Crippen molar-refractivity contribution in [1.82, 2.24) is 4.90 Å². The van der Waals surface area contributed by atoms with E-state index in [4.69, 9.17) is 28.3 Å². The van der Waals surface area contributed by atoms with E-state index in [9.17, 15) is 21.6 Å². The van der Waals surface area contributed by atoms with Crippen LogP contribution in [0.15, 0.2) is 75.4 Å². The van der Waals surface area contributed by atoms with E-state index in [0.29, 0.717) is 15.6 Å². The summed E-state index contributed by atoms with van der Waals surface area (Å²) in [5, 5.41) is 9.94. The summed E-state index contributed by atoms with van der Waals surface area (Å²) in [5.41, 5.74) is -0.395. The summed E-state index contributed by atoms with van der Waals surface area (Å²) in [4.78, 5) is 4.21. The number of rotatable bonds is 3. The fourth-order valence-corrected chi connectivity index (χ4v) is 5.30. The highest BCUT2D eigenvalue weighted by atomic mass is 35.5. The number of hydrogen-bond donors (Lipinski definition) is 1. The molecule has 0 amide bonds. The minimum absolute atomic E-state index is 0.209. The largest absolute Gasteiger partial charge is 0.507 e. The summed E-state index contributed by atoms with van der Waals surface area (Å²) >= 11 is 13.6. The molecule has 4 nitrogen and oxygen atoms in total. The Morgan fingerprint density at radius 2 is 1.46 bits per heavy atom. The highest BCUT2D eigenvalue weighted by Crippen LogP contribution is 2.38. The number of phenolic OH excluding ortho intramolecular Hbond substituents is 1. The molecule has 0 saturated carbocycles. The first-order valence-corrected chi connectivity index (χ1v) is 15.6. The smallest absolute Gasteiger partial charge is 0.419 e. The molecule has 0 aliphatic carbocycles. The molecule has 0 bridgehead atoms. The third-order valence-corrected chi connectivity index (χ3v) is 8.30. The van der Waals surface area contributed by atoms with Gasteiger partial charge in [-0.15, -0.1) is 0 Å². The van der Waals surface area contributed by atoms with Gasteiger partial charge >= 0.3 is 6.18 Å². The van der Waals surface area contributed by atoms with Crippen LogP contribution in [0, 0.1) is 6.92 Å². The summed E-state index contributed by atoms with van der Waals surface area (Å²) in [6.07, 6.45) is -0.496. The fourth-order valence-electron chi connectivity index (χ4n) is 3.20. The van der Waals surface area contributed by atoms with Crippen molar-refractivity contribution in [3.05, 3.63) is 81.8 Å². The Morgan fingerprint density at radius 1 is 0.897 bits per heavy atom. The Morgan fingerprint density at radius 3 is 1.90 bits per heavy atom. The van der Waals surface area contributed by atoms with Gasteiger partial charge in [0.2, 0.25) is 0 Å². The second-order valence-electron chi connectivity index (χ2n) is 8.43. The van der Waals surface area contributed by atoms with Crippen LogP contribution in [-0.2, 0) is 16.0 Å². The van der Waals surface area contributed by atoms with Crippen LogP contribution >= 0.6 is 35.0 Å². The number of phenols is 1. The first-order chi connectivity index (χ1) is 18.2. The third kappa shape index (κ3) is 12.4. The van der Waals surface area contributed by atoms with Gasteiger partial charge in [-0.2, -0.15) is 13.2 Å². The lowest BCUT2D eigenvalue weighted by molar-refractivity contribution is -0.138. The van der Waals surface area contributed by atoms with Gasteiger partial charge in [0.1, 0.15) is 5.75 Å². The molecule has 1 heterocycles. The van der Waals surface area contributed by atoms with Crippen molar-refractivity contribution in [3.63, 3.8) is 0 Å². The van der Waals surface area contributed by atoms with Gasteiger partial charge in [-0.3, -0.25) is 0 Å². The molecule has 4 rings (SSSR count). The Kier molecular flexibility index (Phi) is 14.7. The van der Waals surface area contributed by atoms with Crippen molar-refractivity contribution >= 4 is 44.8 Å². The van der Waals surface area contributed by atoms with Gasteiger partial charge in [0, 0.05) is 16.0 Å². The van der Waals surface area contributed by atoms with Gasteiger partial charge in [-0.1, -0.05) is 67.0 Å². The van der Waals surface area contributed by atoms with Gasteiger partial charge in [0.15, 0.2) is 9.84 Å². The summed E-state index contributed by atoms with van der Waals surface area (Å²) in [7, 11) is -1.07. The van der Waals surface area contributed by atoms with E-state index < -0.39 is 27.3 Å². The monoisotopic (exact) mass is 623 g/mol. The van der Waals surface area contributed by atoms with Crippen molar-refractivity contribution in [2.45, 2.75) is 54.5 Å². The first kappa shape index (κ1) is 35.1. The van der Waals surface area contributed by atoms with Crippen LogP contribution in [0.3, 0.4) is 0 Å². The fraction of sp³-hybridized carbons (Fsp3) is 0.357. The molecule has 1 N–H and O–H groups in total. The van der Waals surface area contributed by atoms with E-state index in [2.05, 4.69) is 11.9 Å². The molecule has 1 saturated heterocycles. The van der Waals surface area contributed by atoms with Gasteiger partial charge in [0.25, 0.3) is 0 Å². The van der Waals surface area contributed by atoms with Crippen molar-refractivity contribution in [2.24, 2.45) is 0 Å². The number of alkyl halides is 3. The standard InChI is InChI=1S/C13H10Cl2O2S2.C8H7F3O.C5H11N.C2H6/c1-19(16,17)9-6-7-13(11(15)8-9)18-12-5-3-2-4-10(12)14;1-5-2-3-6(7(12)4-5)8(9,10)11;1-6-4-2-3-5-6;1-2/h2-8H,1H3;2-4,12H,1H3;2-5H2,1H3;1-2H3. The molecular weight excluding hydrogens is 590 g/mol. The SMILES string of the molecule is CC.CN1CCCC1.CS(=O)(=O)c1ccc(Sc2ccccc2Cl)c(Cl)c1.Cc1ccc(C(F)(F)F)c(O)c1. The van der Waals surface area contributed by atoms with Crippen LogP contribution in [0.1, 0.15) is 37.8 Å². The third-order valence-electron chi connectivity index (χ3n) is 5.18. The molecule has 1 aliphatic rings. The summed E-state index contributed by atoms with van der Waals surface area (Å²) in [6, 6.07) is 15.4. The van der Waals surface area contributed by atoms with E-state index in [-0.39, 0.29) is 4.90 Å². The van der Waals surface area contributed by atoms with E-state index in [1.807, 2.05) is 32.0 Å². The molecule has 1 aliphatic heterocycles. The van der Waals surface area contributed by atoms with Gasteiger partial charge < -0.3 is 10.0 Å². The molecule has 3 aromatic carbocycles. The zero-order chi connectivity index (χ0) is 29.8. The molecule has 39 heavy (non-hydrogen) atoms. The topological polar surface area (TPSA) is 57.6 Å². The maximum atomic E-state index is 12.0. The second kappa shape index (κ2) is 16.4. The van der Waals surface area contributed by atoms with Crippen molar-refractivity contribution in [1.29, 1.82) is 0 Å². The minimum atomic E-state index is -4.47. The van der Waals surface area contributed by atoms with Crippen LogP contribution in [0.25, 0.3) is 0 Å². The molecule has 3 aromatic rings. The number of sulfone groups is 1. The molecule has 11 heteroatoms. The predicted octanol–water partition coefficient (Wildman–Crippen LogP) is 9.01. The number of halogens is 5. The summed E-state index contributed by atoms with van der Waals surface area (Å²) in [6.45, 7) is 8.25. The Bertz CT molecular complexity index is 1300. The Labute approximate surface area is 244 Å². The lowest BCUT2D eigenvalue weighted by atomic mass is 10.1. The number of benzene rings is 3. The second-order valence-corrected chi connectivity index (χ2v) is 12.3. The van der Waals surface area contributed by atoms with Crippen LogP contribution in [0.4, 0.5) is 13.2 Å². The quantitative estimate of drug-likeness (QED) is 0.315. The molecule has 0 spiro atoms. The van der Waals surface area contributed by atoms with Crippen LogP contribution in [0.5, 0.6) is 5.75 Å². The first-order valence-electron chi connectivity index (χ1n) is 12.2. The number of aromatic hydroxyl groups is 1. The molecule has 0 aromatic heterocycles. The van der Waals surface area contributed by atoms with Crippen molar-refractivity contribution in [3.8, 4) is 5.75 Å². The zero-order valence-corrected chi connectivity index (χ0v) is 25.7. The number of likely N-dealkylation sites (tertiary alicyclic amines) is 1. The maximum Gasteiger partial charge on any atom is 0.419 e. The van der Waals surface area contributed by atoms with Crippen molar-refractivity contribution in [2.75, 3.05) is 26.4 Å². The molecule has 0 atom stereocenters. The minimum Gasteiger partial charge on any atom is -0.507 e.